The summed E-state index contributed by atoms with van der Waals surface area (Å²) in [5.41, 5.74) is 0. The van der Waals surface area contributed by atoms with E-state index in [4.69, 9.17) is 0 Å². The summed E-state index contributed by atoms with van der Waals surface area (Å²) in [6, 6.07) is 0. The largest absolute Gasteiger partial charge is 0.468 e. The Hall–Kier alpha value is -1.06. The Balaban J connectivity index is 3.35. The summed E-state index contributed by atoms with van der Waals surface area (Å²) < 4.78 is 4.37. The molecule has 13 heavy (non-hydrogen) atoms. The Bertz CT molecular complexity index is 168. The van der Waals surface area contributed by atoms with Crippen molar-refractivity contribution in [3.63, 3.8) is 0 Å². The van der Waals surface area contributed by atoms with E-state index in [1.807, 2.05) is 0 Å². The lowest BCUT2D eigenvalue weighted by atomic mass is 10.2. The molecule has 0 bridgehead atoms. The Morgan fingerprint density at radius 1 is 1.31 bits per heavy atom. The van der Waals surface area contributed by atoms with Gasteiger partial charge in [-0.25, -0.2) is 0 Å². The molecule has 76 valence electrons. The lowest BCUT2D eigenvalue weighted by Gasteiger charge is -2.02. The third-order valence-electron chi connectivity index (χ3n) is 1.66. The molecule has 0 rings (SSSR count). The van der Waals surface area contributed by atoms with Gasteiger partial charge in [0.05, 0.1) is 7.11 Å². The summed E-state index contributed by atoms with van der Waals surface area (Å²) in [7, 11) is 1.30. The summed E-state index contributed by atoms with van der Waals surface area (Å²) in [6.45, 7) is 2.05. The van der Waals surface area contributed by atoms with Crippen LogP contribution in [0.25, 0.3) is 0 Å². The molecule has 0 aromatic heterocycles. The van der Waals surface area contributed by atoms with Gasteiger partial charge in [-0.2, -0.15) is 0 Å². The molecule has 0 aromatic rings. The van der Waals surface area contributed by atoms with E-state index in [2.05, 4.69) is 17.0 Å². The molecule has 0 saturated heterocycles. The summed E-state index contributed by atoms with van der Waals surface area (Å²) in [5, 5.41) is 2.48. The monoisotopic (exact) mass is 187 g/mol. The quantitative estimate of drug-likeness (QED) is 0.495. The highest BCUT2D eigenvalue weighted by Gasteiger charge is 2.03. The van der Waals surface area contributed by atoms with Gasteiger partial charge < -0.3 is 10.1 Å². The van der Waals surface area contributed by atoms with Crippen molar-refractivity contribution in [2.24, 2.45) is 0 Å². The van der Waals surface area contributed by atoms with Gasteiger partial charge in [-0.3, -0.25) is 9.59 Å². The highest BCUT2D eigenvalue weighted by Crippen LogP contribution is 1.97. The normalized spacial score (nSPS) is 9.38. The maximum Gasteiger partial charge on any atom is 0.325 e. The first-order chi connectivity index (χ1) is 6.20. The predicted octanol–water partition coefficient (Wildman–Crippen LogP) is 0.856. The molecule has 0 spiro atoms. The van der Waals surface area contributed by atoms with Crippen molar-refractivity contribution in [3.05, 3.63) is 0 Å². The second-order valence-electron chi connectivity index (χ2n) is 2.81. The van der Waals surface area contributed by atoms with Crippen LogP contribution in [-0.4, -0.2) is 25.5 Å². The van der Waals surface area contributed by atoms with E-state index in [1.165, 1.54) is 7.11 Å². The van der Waals surface area contributed by atoms with E-state index in [1.54, 1.807) is 0 Å². The number of carbonyl (C=O) groups excluding carboxylic acids is 2. The molecule has 0 fully saturated rings. The van der Waals surface area contributed by atoms with Crippen LogP contribution >= 0.6 is 0 Å². The second kappa shape index (κ2) is 7.58. The van der Waals surface area contributed by atoms with E-state index < -0.39 is 5.97 Å². The third-order valence-corrected chi connectivity index (χ3v) is 1.66. The molecule has 0 unspecified atom stereocenters. The minimum atomic E-state index is -0.413. The molecule has 4 nitrogen and oxygen atoms in total. The van der Waals surface area contributed by atoms with Crippen LogP contribution in [0.3, 0.4) is 0 Å². The van der Waals surface area contributed by atoms with E-state index in [-0.39, 0.29) is 12.5 Å². The zero-order valence-corrected chi connectivity index (χ0v) is 8.26. The SMILES string of the molecule is CCCCCC(=O)NCC(=O)OC. The number of esters is 1. The highest BCUT2D eigenvalue weighted by atomic mass is 16.5. The second-order valence-corrected chi connectivity index (χ2v) is 2.81. The zero-order valence-electron chi connectivity index (χ0n) is 8.26. The Labute approximate surface area is 78.6 Å². The van der Waals surface area contributed by atoms with E-state index >= 15 is 0 Å². The molecule has 4 heteroatoms. The van der Waals surface area contributed by atoms with Gasteiger partial charge in [0.15, 0.2) is 0 Å². The van der Waals surface area contributed by atoms with Crippen molar-refractivity contribution in [1.82, 2.24) is 5.32 Å². The van der Waals surface area contributed by atoms with Gasteiger partial charge in [-0.15, -0.1) is 0 Å². The van der Waals surface area contributed by atoms with Crippen molar-refractivity contribution in [2.45, 2.75) is 32.6 Å². The van der Waals surface area contributed by atoms with Crippen LogP contribution in [-0.2, 0) is 14.3 Å². The van der Waals surface area contributed by atoms with Crippen LogP contribution in [0.4, 0.5) is 0 Å². The molecular weight excluding hydrogens is 170 g/mol. The molecule has 0 atom stereocenters. The Morgan fingerprint density at radius 3 is 2.54 bits per heavy atom. The lowest BCUT2D eigenvalue weighted by molar-refractivity contribution is -0.141. The van der Waals surface area contributed by atoms with Crippen LogP contribution in [0.15, 0.2) is 0 Å². The molecule has 0 radical (unpaired) electrons. The fourth-order valence-electron chi connectivity index (χ4n) is 0.867. The smallest absolute Gasteiger partial charge is 0.325 e. The molecule has 0 aromatic carbocycles. The number of carbonyl (C=O) groups is 2. The molecule has 1 N–H and O–H groups in total. The number of hydrogen-bond donors (Lipinski definition) is 1. The molecular formula is C9H17NO3. The molecule has 0 aliphatic rings. The lowest BCUT2D eigenvalue weighted by Crippen LogP contribution is -2.29. The average molecular weight is 187 g/mol. The van der Waals surface area contributed by atoms with Crippen molar-refractivity contribution < 1.29 is 14.3 Å². The number of hydrogen-bond acceptors (Lipinski definition) is 3. The van der Waals surface area contributed by atoms with Crippen LogP contribution in [0.2, 0.25) is 0 Å². The maximum absolute atomic E-state index is 11.0. The van der Waals surface area contributed by atoms with Gasteiger partial charge >= 0.3 is 5.97 Å². The van der Waals surface area contributed by atoms with Gasteiger partial charge in [0, 0.05) is 6.42 Å². The van der Waals surface area contributed by atoms with Crippen molar-refractivity contribution in [1.29, 1.82) is 0 Å². The van der Waals surface area contributed by atoms with Gasteiger partial charge in [-0.05, 0) is 6.42 Å². The number of amides is 1. The fraction of sp³-hybridized carbons (Fsp3) is 0.778. The number of unbranched alkanes of at least 4 members (excludes halogenated alkanes) is 2. The number of methoxy groups -OCH3 is 1. The van der Waals surface area contributed by atoms with Crippen LogP contribution in [0, 0.1) is 0 Å². The Kier molecular flexibility index (Phi) is 6.96. The van der Waals surface area contributed by atoms with Crippen LogP contribution in [0.5, 0.6) is 0 Å². The van der Waals surface area contributed by atoms with E-state index in [0.717, 1.165) is 19.3 Å². The standard InChI is InChI=1S/C9H17NO3/c1-3-4-5-6-8(11)10-7-9(12)13-2/h3-7H2,1-2H3,(H,10,11). The summed E-state index contributed by atoms with van der Waals surface area (Å²) in [4.78, 5) is 21.6. The van der Waals surface area contributed by atoms with Crippen molar-refractivity contribution >= 4 is 11.9 Å². The zero-order chi connectivity index (χ0) is 10.1. The summed E-state index contributed by atoms with van der Waals surface area (Å²) in [5.74, 6) is -0.498. The minimum Gasteiger partial charge on any atom is -0.468 e. The van der Waals surface area contributed by atoms with Gasteiger partial charge in [0.1, 0.15) is 6.54 Å². The summed E-state index contributed by atoms with van der Waals surface area (Å²) >= 11 is 0. The Morgan fingerprint density at radius 2 is 2.00 bits per heavy atom. The van der Waals surface area contributed by atoms with E-state index in [9.17, 15) is 9.59 Å². The first kappa shape index (κ1) is 11.9. The van der Waals surface area contributed by atoms with E-state index in [0.29, 0.717) is 6.42 Å². The first-order valence-corrected chi connectivity index (χ1v) is 4.54. The third kappa shape index (κ3) is 7.31. The first-order valence-electron chi connectivity index (χ1n) is 4.54. The van der Waals surface area contributed by atoms with Crippen molar-refractivity contribution in [2.75, 3.05) is 13.7 Å². The van der Waals surface area contributed by atoms with Crippen LogP contribution < -0.4 is 5.32 Å². The topological polar surface area (TPSA) is 55.4 Å². The molecule has 0 aliphatic heterocycles. The number of nitrogens with one attached hydrogen (secondary N) is 1. The maximum atomic E-state index is 11.0. The molecule has 0 aliphatic carbocycles. The fourth-order valence-corrected chi connectivity index (χ4v) is 0.867. The summed E-state index contributed by atoms with van der Waals surface area (Å²) in [6.07, 6.45) is 3.50. The molecule has 0 saturated carbocycles. The molecule has 0 heterocycles. The number of ether oxygens (including phenoxy) is 1. The minimum absolute atomic E-state index is 0.0263. The van der Waals surface area contributed by atoms with Gasteiger partial charge in [0.2, 0.25) is 5.91 Å². The van der Waals surface area contributed by atoms with Gasteiger partial charge in [0.25, 0.3) is 0 Å². The van der Waals surface area contributed by atoms with Crippen molar-refractivity contribution in [3.8, 4) is 0 Å². The predicted molar refractivity (Wildman–Crippen MR) is 49.2 cm³/mol. The van der Waals surface area contributed by atoms with Gasteiger partial charge in [-0.1, -0.05) is 19.8 Å². The van der Waals surface area contributed by atoms with Crippen LogP contribution in [0.1, 0.15) is 32.6 Å². The number of rotatable bonds is 6. The average Bonchev–Trinajstić information content (AvgIpc) is 2.14. The highest BCUT2D eigenvalue weighted by molar-refractivity contribution is 5.81. The molecule has 1 amide bonds.